The van der Waals surface area contributed by atoms with E-state index in [2.05, 4.69) is 20.8 Å². The molecule has 0 aliphatic heterocycles. The Hall–Kier alpha value is -0.0400. The van der Waals surface area contributed by atoms with Crippen LogP contribution in [0.1, 0.15) is 46.5 Å². The zero-order valence-corrected chi connectivity index (χ0v) is 8.27. The van der Waals surface area contributed by atoms with E-state index in [4.69, 9.17) is 5.73 Å². The van der Waals surface area contributed by atoms with E-state index in [9.17, 15) is 0 Å². The van der Waals surface area contributed by atoms with Gasteiger partial charge >= 0.3 is 0 Å². The van der Waals surface area contributed by atoms with Gasteiger partial charge < -0.3 is 5.73 Å². The van der Waals surface area contributed by atoms with Crippen molar-refractivity contribution in [1.82, 2.24) is 0 Å². The summed E-state index contributed by atoms with van der Waals surface area (Å²) in [6.45, 7) is 7.67. The first-order chi connectivity index (χ1) is 5.20. The molecule has 0 saturated carbocycles. The second-order valence-electron chi connectivity index (χ2n) is 3.82. The summed E-state index contributed by atoms with van der Waals surface area (Å²) in [4.78, 5) is 0. The fraction of sp³-hybridized carbons (Fsp3) is 1.00. The molecular formula is C10H23N. The highest BCUT2D eigenvalue weighted by Gasteiger charge is 2.05. The minimum atomic E-state index is 0.710. The number of unbranched alkanes of at least 4 members (excludes halogenated alkanes) is 1. The second kappa shape index (κ2) is 6.66. The SMILES string of the molecule is CCCCC(C)CC(C)CN. The molecule has 0 aromatic heterocycles. The first-order valence-corrected chi connectivity index (χ1v) is 4.90. The van der Waals surface area contributed by atoms with Gasteiger partial charge in [0.25, 0.3) is 0 Å². The second-order valence-corrected chi connectivity index (χ2v) is 3.82. The van der Waals surface area contributed by atoms with Gasteiger partial charge in [-0.2, -0.15) is 0 Å². The Morgan fingerprint density at radius 3 is 2.27 bits per heavy atom. The van der Waals surface area contributed by atoms with E-state index in [-0.39, 0.29) is 0 Å². The maximum atomic E-state index is 5.55. The molecule has 0 heterocycles. The lowest BCUT2D eigenvalue weighted by atomic mass is 9.93. The Labute approximate surface area is 71.4 Å². The summed E-state index contributed by atoms with van der Waals surface area (Å²) in [6.07, 6.45) is 5.37. The van der Waals surface area contributed by atoms with Crippen molar-refractivity contribution in [2.24, 2.45) is 17.6 Å². The summed E-state index contributed by atoms with van der Waals surface area (Å²) in [5.41, 5.74) is 5.55. The monoisotopic (exact) mass is 157 g/mol. The lowest BCUT2D eigenvalue weighted by molar-refractivity contribution is 0.391. The Balaban J connectivity index is 3.27. The third-order valence-corrected chi connectivity index (χ3v) is 2.26. The predicted octanol–water partition coefficient (Wildman–Crippen LogP) is 2.80. The molecule has 0 aliphatic rings. The number of hydrogen-bond donors (Lipinski definition) is 1. The van der Waals surface area contributed by atoms with Gasteiger partial charge in [0.2, 0.25) is 0 Å². The van der Waals surface area contributed by atoms with Crippen LogP contribution in [0, 0.1) is 11.8 Å². The third-order valence-electron chi connectivity index (χ3n) is 2.26. The van der Waals surface area contributed by atoms with Gasteiger partial charge in [-0.3, -0.25) is 0 Å². The molecule has 11 heavy (non-hydrogen) atoms. The van der Waals surface area contributed by atoms with Gasteiger partial charge in [0.1, 0.15) is 0 Å². The van der Waals surface area contributed by atoms with Crippen molar-refractivity contribution in [3.63, 3.8) is 0 Å². The Bertz CT molecular complexity index is 80.9. The summed E-state index contributed by atoms with van der Waals surface area (Å²) in [6, 6.07) is 0. The maximum Gasteiger partial charge on any atom is -0.00514 e. The molecular weight excluding hydrogens is 134 g/mol. The largest absolute Gasteiger partial charge is 0.330 e. The predicted molar refractivity (Wildman–Crippen MR) is 51.5 cm³/mol. The molecule has 0 aliphatic carbocycles. The number of rotatable bonds is 6. The molecule has 0 amide bonds. The van der Waals surface area contributed by atoms with Crippen molar-refractivity contribution in [2.45, 2.75) is 46.5 Å². The van der Waals surface area contributed by atoms with Crippen LogP contribution in [0.5, 0.6) is 0 Å². The van der Waals surface area contributed by atoms with E-state index in [1.807, 2.05) is 0 Å². The smallest absolute Gasteiger partial charge is 0.00514 e. The van der Waals surface area contributed by atoms with Gasteiger partial charge in [-0.25, -0.2) is 0 Å². The van der Waals surface area contributed by atoms with E-state index in [1.165, 1.54) is 25.7 Å². The molecule has 2 N–H and O–H groups in total. The van der Waals surface area contributed by atoms with Crippen LogP contribution in [0.15, 0.2) is 0 Å². The summed E-state index contributed by atoms with van der Waals surface area (Å²) in [5.74, 6) is 1.58. The van der Waals surface area contributed by atoms with E-state index >= 15 is 0 Å². The minimum absolute atomic E-state index is 0.710. The molecule has 68 valence electrons. The topological polar surface area (TPSA) is 26.0 Å². The Morgan fingerprint density at radius 2 is 1.82 bits per heavy atom. The van der Waals surface area contributed by atoms with Crippen LogP contribution in [0.3, 0.4) is 0 Å². The van der Waals surface area contributed by atoms with Crippen LogP contribution in [0.25, 0.3) is 0 Å². The summed E-state index contributed by atoms with van der Waals surface area (Å²) >= 11 is 0. The first kappa shape index (κ1) is 11.0. The van der Waals surface area contributed by atoms with Crippen LogP contribution < -0.4 is 5.73 Å². The van der Waals surface area contributed by atoms with Crippen molar-refractivity contribution < 1.29 is 0 Å². The van der Waals surface area contributed by atoms with Crippen molar-refractivity contribution in [3.8, 4) is 0 Å². The van der Waals surface area contributed by atoms with Crippen LogP contribution in [0.2, 0.25) is 0 Å². The lowest BCUT2D eigenvalue weighted by Crippen LogP contribution is -2.13. The van der Waals surface area contributed by atoms with Crippen LogP contribution in [-0.2, 0) is 0 Å². The average molecular weight is 157 g/mol. The van der Waals surface area contributed by atoms with Gasteiger partial charge in [-0.1, -0.05) is 40.0 Å². The molecule has 2 unspecified atom stereocenters. The van der Waals surface area contributed by atoms with Gasteiger partial charge in [-0.15, -0.1) is 0 Å². The van der Waals surface area contributed by atoms with Crippen molar-refractivity contribution in [1.29, 1.82) is 0 Å². The molecule has 0 spiro atoms. The maximum absolute atomic E-state index is 5.55. The van der Waals surface area contributed by atoms with Crippen molar-refractivity contribution in [2.75, 3.05) is 6.54 Å². The minimum Gasteiger partial charge on any atom is -0.330 e. The van der Waals surface area contributed by atoms with Crippen LogP contribution in [0.4, 0.5) is 0 Å². The molecule has 1 heteroatoms. The summed E-state index contributed by atoms with van der Waals surface area (Å²) in [5, 5.41) is 0. The van der Waals surface area contributed by atoms with Gasteiger partial charge in [0, 0.05) is 0 Å². The fourth-order valence-electron chi connectivity index (χ4n) is 1.45. The molecule has 0 aromatic rings. The summed E-state index contributed by atoms with van der Waals surface area (Å²) in [7, 11) is 0. The van der Waals surface area contributed by atoms with Crippen LogP contribution in [-0.4, -0.2) is 6.54 Å². The van der Waals surface area contributed by atoms with Gasteiger partial charge in [-0.05, 0) is 24.8 Å². The van der Waals surface area contributed by atoms with E-state index in [0.717, 1.165) is 12.5 Å². The average Bonchev–Trinajstić information content (AvgIpc) is 2.00. The molecule has 2 atom stereocenters. The zero-order chi connectivity index (χ0) is 8.69. The van der Waals surface area contributed by atoms with Crippen molar-refractivity contribution in [3.05, 3.63) is 0 Å². The fourth-order valence-corrected chi connectivity index (χ4v) is 1.45. The standard InChI is InChI=1S/C10H23N/c1-4-5-6-9(2)7-10(3)8-11/h9-10H,4-8,11H2,1-3H3. The third kappa shape index (κ3) is 6.36. The van der Waals surface area contributed by atoms with E-state index < -0.39 is 0 Å². The molecule has 1 nitrogen and oxygen atoms in total. The first-order valence-electron chi connectivity index (χ1n) is 4.90. The summed E-state index contributed by atoms with van der Waals surface area (Å²) < 4.78 is 0. The highest BCUT2D eigenvalue weighted by molar-refractivity contribution is 4.59. The van der Waals surface area contributed by atoms with E-state index in [0.29, 0.717) is 5.92 Å². The quantitative estimate of drug-likeness (QED) is 0.630. The Kier molecular flexibility index (Phi) is 6.63. The zero-order valence-electron chi connectivity index (χ0n) is 8.27. The number of nitrogens with two attached hydrogens (primary N) is 1. The highest BCUT2D eigenvalue weighted by Crippen LogP contribution is 2.16. The molecule has 0 rings (SSSR count). The van der Waals surface area contributed by atoms with Crippen molar-refractivity contribution >= 4 is 0 Å². The van der Waals surface area contributed by atoms with E-state index in [1.54, 1.807) is 0 Å². The van der Waals surface area contributed by atoms with Crippen LogP contribution >= 0.6 is 0 Å². The highest BCUT2D eigenvalue weighted by atomic mass is 14.5. The molecule has 0 bridgehead atoms. The van der Waals surface area contributed by atoms with Gasteiger partial charge in [0.05, 0.1) is 0 Å². The lowest BCUT2D eigenvalue weighted by Gasteiger charge is -2.14. The van der Waals surface area contributed by atoms with Gasteiger partial charge in [0.15, 0.2) is 0 Å². The molecule has 0 fully saturated rings. The molecule has 0 aromatic carbocycles. The molecule has 0 saturated heterocycles. The number of hydrogen-bond acceptors (Lipinski definition) is 1. The normalized spacial score (nSPS) is 16.4. The Morgan fingerprint density at radius 1 is 1.18 bits per heavy atom. The molecule has 0 radical (unpaired) electrons.